The van der Waals surface area contributed by atoms with E-state index in [2.05, 4.69) is 24.5 Å². The summed E-state index contributed by atoms with van der Waals surface area (Å²) in [5.74, 6) is 0. The van der Waals surface area contributed by atoms with E-state index in [4.69, 9.17) is 0 Å². The highest BCUT2D eigenvalue weighted by Crippen LogP contribution is 2.15. The van der Waals surface area contributed by atoms with Gasteiger partial charge in [-0.2, -0.15) is 0 Å². The fourth-order valence-electron chi connectivity index (χ4n) is 5.76. The highest BCUT2D eigenvalue weighted by molar-refractivity contribution is 5.73. The van der Waals surface area contributed by atoms with Crippen molar-refractivity contribution in [1.29, 1.82) is 0 Å². The maximum absolute atomic E-state index is 11.9. The fourth-order valence-corrected chi connectivity index (χ4v) is 5.76. The van der Waals surface area contributed by atoms with E-state index < -0.39 is 0 Å². The van der Waals surface area contributed by atoms with Crippen LogP contribution in [0.3, 0.4) is 0 Å². The molecule has 0 bridgehead atoms. The molecule has 0 aliphatic heterocycles. The first kappa shape index (κ1) is 39.3. The summed E-state index contributed by atoms with van der Waals surface area (Å²) in [5.41, 5.74) is 0. The number of carbonyl (C=O) groups excluding carboxylic acids is 1. The molecule has 2 amide bonds. The van der Waals surface area contributed by atoms with Crippen LogP contribution in [0.5, 0.6) is 0 Å². The van der Waals surface area contributed by atoms with Gasteiger partial charge in [-0.25, -0.2) is 10.1 Å². The van der Waals surface area contributed by atoms with E-state index in [1.54, 1.807) is 0 Å². The Hall–Kier alpha value is -0.730. The van der Waals surface area contributed by atoms with E-state index in [9.17, 15) is 4.79 Å². The SMILES string of the molecule is CCCCCCCCCCCCCCCCCC[N]C(=O)NCCCCCCCCCCCCCCCCCC. The molecule has 0 atom stereocenters. The van der Waals surface area contributed by atoms with E-state index in [1.165, 1.54) is 193 Å². The van der Waals surface area contributed by atoms with E-state index in [1.807, 2.05) is 0 Å². The number of hydrogen-bond acceptors (Lipinski definition) is 1. The maximum Gasteiger partial charge on any atom is 0.336 e. The molecule has 0 spiro atoms. The predicted octanol–water partition coefficient (Wildman–Crippen LogP) is 12.8. The normalized spacial score (nSPS) is 11.2. The topological polar surface area (TPSA) is 43.2 Å². The average Bonchev–Trinajstić information content (AvgIpc) is 2.96. The number of nitrogens with zero attached hydrogens (tertiary/aromatic N) is 1. The zero-order chi connectivity index (χ0) is 29.0. The van der Waals surface area contributed by atoms with Gasteiger partial charge in [-0.1, -0.05) is 206 Å². The van der Waals surface area contributed by atoms with Crippen LogP contribution in [-0.2, 0) is 0 Å². The first-order chi connectivity index (χ1) is 19.8. The Morgan fingerprint density at radius 3 is 0.925 bits per heavy atom. The molecule has 0 rings (SSSR count). The minimum absolute atomic E-state index is 0.0954. The summed E-state index contributed by atoms with van der Waals surface area (Å²) in [5, 5.41) is 7.17. The molecule has 0 aromatic carbocycles. The van der Waals surface area contributed by atoms with Crippen LogP contribution in [0.15, 0.2) is 0 Å². The minimum Gasteiger partial charge on any atom is -0.337 e. The van der Waals surface area contributed by atoms with Crippen molar-refractivity contribution < 1.29 is 4.79 Å². The molecule has 0 aliphatic rings. The summed E-state index contributed by atoms with van der Waals surface area (Å²) in [4.78, 5) is 11.9. The van der Waals surface area contributed by atoms with Crippen LogP contribution in [0.4, 0.5) is 4.79 Å². The average molecular weight is 564 g/mol. The molecule has 0 unspecified atom stereocenters. The van der Waals surface area contributed by atoms with Gasteiger partial charge in [0.25, 0.3) is 0 Å². The molecule has 1 radical (unpaired) electrons. The van der Waals surface area contributed by atoms with Gasteiger partial charge < -0.3 is 5.32 Å². The Kier molecular flexibility index (Phi) is 35.6. The van der Waals surface area contributed by atoms with Crippen LogP contribution in [-0.4, -0.2) is 19.1 Å². The highest BCUT2D eigenvalue weighted by Gasteiger charge is 2.01. The van der Waals surface area contributed by atoms with Crippen molar-refractivity contribution >= 4 is 6.03 Å². The second-order valence-corrected chi connectivity index (χ2v) is 12.7. The third-order valence-electron chi connectivity index (χ3n) is 8.57. The molecule has 0 saturated heterocycles. The van der Waals surface area contributed by atoms with Gasteiger partial charge in [-0.3, -0.25) is 0 Å². The van der Waals surface area contributed by atoms with Crippen molar-refractivity contribution in [2.24, 2.45) is 0 Å². The van der Waals surface area contributed by atoms with Crippen LogP contribution < -0.4 is 10.6 Å². The molecule has 0 aromatic rings. The summed E-state index contributed by atoms with van der Waals surface area (Å²) in [7, 11) is 0. The number of carbonyl (C=O) groups is 1. The van der Waals surface area contributed by atoms with Crippen molar-refractivity contribution in [3.63, 3.8) is 0 Å². The zero-order valence-electron chi connectivity index (χ0n) is 27.9. The lowest BCUT2D eigenvalue weighted by Crippen LogP contribution is -2.31. The predicted molar refractivity (Wildman–Crippen MR) is 179 cm³/mol. The first-order valence-corrected chi connectivity index (χ1v) is 18.8. The highest BCUT2D eigenvalue weighted by atomic mass is 16.2. The minimum atomic E-state index is -0.0954. The molecule has 3 nitrogen and oxygen atoms in total. The van der Waals surface area contributed by atoms with Crippen LogP contribution in [0.2, 0.25) is 0 Å². The lowest BCUT2D eigenvalue weighted by molar-refractivity contribution is 0.239. The molecule has 239 valence electrons. The first-order valence-electron chi connectivity index (χ1n) is 18.8. The monoisotopic (exact) mass is 564 g/mol. The maximum atomic E-state index is 11.9. The van der Waals surface area contributed by atoms with Gasteiger partial charge >= 0.3 is 6.03 Å². The Morgan fingerprint density at radius 1 is 0.375 bits per heavy atom. The number of hydrogen-bond donors (Lipinski definition) is 1. The van der Waals surface area contributed by atoms with E-state index in [-0.39, 0.29) is 6.03 Å². The standard InChI is InChI=1S/C37H75N2O/c1-3-5-7-9-11-13-15-17-19-21-23-25-27-29-31-33-35-38-37(40)39-36-34-32-30-28-26-24-22-20-18-16-14-12-10-8-6-4-2/h3-36H2,1-2H3,(H,38,40). The summed E-state index contributed by atoms with van der Waals surface area (Å²) >= 11 is 0. The van der Waals surface area contributed by atoms with Crippen molar-refractivity contribution in [2.75, 3.05) is 13.1 Å². The quantitative estimate of drug-likeness (QED) is 0.0777. The molecule has 0 heterocycles. The lowest BCUT2D eigenvalue weighted by Gasteiger charge is -2.06. The molecule has 3 heteroatoms. The van der Waals surface area contributed by atoms with E-state index in [0.717, 1.165) is 19.4 Å². The zero-order valence-corrected chi connectivity index (χ0v) is 27.9. The third kappa shape index (κ3) is 35.3. The van der Waals surface area contributed by atoms with Gasteiger partial charge in [0.1, 0.15) is 0 Å². The number of amides is 2. The Morgan fingerprint density at radius 2 is 0.625 bits per heavy atom. The molecular formula is C37H75N2O. The third-order valence-corrected chi connectivity index (χ3v) is 8.57. The summed E-state index contributed by atoms with van der Waals surface area (Å²) in [6.45, 7) is 6.07. The summed E-state index contributed by atoms with van der Waals surface area (Å²) in [6.07, 6.45) is 44.1. The Labute approximate surface area is 253 Å². The van der Waals surface area contributed by atoms with Crippen LogP contribution in [0.1, 0.15) is 219 Å². The van der Waals surface area contributed by atoms with Crippen LogP contribution in [0, 0.1) is 0 Å². The molecular weight excluding hydrogens is 488 g/mol. The largest absolute Gasteiger partial charge is 0.337 e. The van der Waals surface area contributed by atoms with Crippen LogP contribution >= 0.6 is 0 Å². The fraction of sp³-hybridized carbons (Fsp3) is 0.973. The van der Waals surface area contributed by atoms with Crippen molar-refractivity contribution in [3.8, 4) is 0 Å². The Bertz CT molecular complexity index is 427. The van der Waals surface area contributed by atoms with E-state index in [0.29, 0.717) is 6.54 Å². The number of nitrogens with one attached hydrogen (secondary N) is 1. The smallest absolute Gasteiger partial charge is 0.336 e. The molecule has 40 heavy (non-hydrogen) atoms. The van der Waals surface area contributed by atoms with Gasteiger partial charge in [0.2, 0.25) is 0 Å². The van der Waals surface area contributed by atoms with Gasteiger partial charge in [0, 0.05) is 13.1 Å². The molecule has 0 fully saturated rings. The molecule has 0 aliphatic carbocycles. The van der Waals surface area contributed by atoms with Gasteiger partial charge in [-0.05, 0) is 12.8 Å². The number of rotatable bonds is 34. The Balaban J connectivity index is 3.14. The van der Waals surface area contributed by atoms with Crippen molar-refractivity contribution in [2.45, 2.75) is 219 Å². The van der Waals surface area contributed by atoms with Gasteiger partial charge in [-0.15, -0.1) is 0 Å². The van der Waals surface area contributed by atoms with Gasteiger partial charge in [0.05, 0.1) is 0 Å². The molecule has 1 N–H and O–H groups in total. The second-order valence-electron chi connectivity index (χ2n) is 12.7. The summed E-state index contributed by atoms with van der Waals surface area (Å²) < 4.78 is 0. The van der Waals surface area contributed by atoms with Gasteiger partial charge in [0.15, 0.2) is 0 Å². The number of urea groups is 1. The molecule has 0 saturated carbocycles. The molecule has 0 aromatic heterocycles. The van der Waals surface area contributed by atoms with Crippen LogP contribution in [0.25, 0.3) is 0 Å². The lowest BCUT2D eigenvalue weighted by atomic mass is 10.0. The van der Waals surface area contributed by atoms with Crippen molar-refractivity contribution in [1.82, 2.24) is 10.6 Å². The van der Waals surface area contributed by atoms with E-state index >= 15 is 0 Å². The summed E-state index contributed by atoms with van der Waals surface area (Å²) in [6, 6.07) is -0.0954. The van der Waals surface area contributed by atoms with Crippen molar-refractivity contribution in [3.05, 3.63) is 0 Å². The number of unbranched alkanes of at least 4 members (excludes halogenated alkanes) is 30. The second kappa shape index (κ2) is 36.3.